The predicted octanol–water partition coefficient (Wildman–Crippen LogP) is 5.88. The van der Waals surface area contributed by atoms with E-state index in [1.165, 1.54) is 11.1 Å². The smallest absolute Gasteiger partial charge is 0.306 e. The van der Waals surface area contributed by atoms with Gasteiger partial charge >= 0.3 is 5.97 Å². The lowest BCUT2D eigenvalue weighted by Crippen LogP contribution is -2.21. The van der Waals surface area contributed by atoms with Crippen molar-refractivity contribution in [2.24, 2.45) is 5.92 Å². The van der Waals surface area contributed by atoms with Gasteiger partial charge in [-0.1, -0.05) is 42.5 Å². The number of carbonyl (C=O) groups excluding carboxylic acids is 1. The van der Waals surface area contributed by atoms with Crippen LogP contribution >= 0.6 is 0 Å². The van der Waals surface area contributed by atoms with Crippen LogP contribution in [0.25, 0.3) is 0 Å². The molecule has 1 heterocycles. The Bertz CT molecular complexity index is 758. The SMILES string of the molecule is CC(C)OC(=O)CCC/C=C\C[C@@H]1C(=C=CCCCc2ccccc2)[C@H]2C[C@@H]1OO2. The number of fused-ring (bicyclic) bond motifs is 2. The van der Waals surface area contributed by atoms with Crippen LogP contribution in [-0.4, -0.2) is 24.3 Å². The number of ether oxygens (including phenoxy) is 1. The number of carbonyl (C=O) groups is 1. The predicted molar refractivity (Wildman–Crippen MR) is 118 cm³/mol. The molecule has 1 saturated carbocycles. The van der Waals surface area contributed by atoms with Gasteiger partial charge in [-0.05, 0) is 64.0 Å². The molecule has 4 nitrogen and oxygen atoms in total. The van der Waals surface area contributed by atoms with Gasteiger partial charge in [0.25, 0.3) is 0 Å². The van der Waals surface area contributed by atoms with Crippen molar-refractivity contribution in [2.45, 2.75) is 83.5 Å². The molecule has 0 N–H and O–H groups in total. The summed E-state index contributed by atoms with van der Waals surface area (Å²) >= 11 is 0. The van der Waals surface area contributed by atoms with E-state index in [-0.39, 0.29) is 24.3 Å². The molecule has 0 spiro atoms. The molecule has 2 bridgehead atoms. The number of allylic oxidation sites excluding steroid dienone is 2. The number of benzene rings is 1. The fraction of sp³-hybridized carbons (Fsp3) is 0.538. The van der Waals surface area contributed by atoms with Gasteiger partial charge in [0.1, 0.15) is 12.2 Å². The summed E-state index contributed by atoms with van der Waals surface area (Å²) in [5.74, 6) is 0.232. The molecule has 1 aromatic rings. The third kappa shape index (κ3) is 6.98. The Labute approximate surface area is 180 Å². The van der Waals surface area contributed by atoms with Gasteiger partial charge in [-0.3, -0.25) is 4.79 Å². The van der Waals surface area contributed by atoms with Crippen molar-refractivity contribution in [2.75, 3.05) is 0 Å². The standard InChI is InChI=1S/C26H34O4/c1-20(2)28-26(27)18-12-4-3-10-16-22-23(25-19-24(22)29-30-25)17-11-6-9-15-21-13-7-5-8-14-21/h3,5,7-8,10-11,13-14,20,22,24-25H,4,6,9,12,15-16,18-19H2,1-2H3/b10-3-/t17?,22-,24+,25-/m1/s1. The van der Waals surface area contributed by atoms with E-state index in [0.29, 0.717) is 12.3 Å². The first-order valence-corrected chi connectivity index (χ1v) is 11.3. The van der Waals surface area contributed by atoms with Crippen LogP contribution < -0.4 is 0 Å². The third-order valence-corrected chi connectivity index (χ3v) is 5.54. The number of hydrogen-bond acceptors (Lipinski definition) is 4. The summed E-state index contributed by atoms with van der Waals surface area (Å²) in [7, 11) is 0. The molecular weight excluding hydrogens is 376 g/mol. The van der Waals surface area contributed by atoms with Crippen molar-refractivity contribution >= 4 is 5.97 Å². The highest BCUT2D eigenvalue weighted by atomic mass is 17.2. The van der Waals surface area contributed by atoms with Crippen LogP contribution in [0.2, 0.25) is 0 Å². The topological polar surface area (TPSA) is 44.8 Å². The van der Waals surface area contributed by atoms with Crippen LogP contribution in [0.1, 0.15) is 64.4 Å². The molecule has 3 atom stereocenters. The van der Waals surface area contributed by atoms with E-state index >= 15 is 0 Å². The molecule has 1 aliphatic heterocycles. The average Bonchev–Trinajstić information content (AvgIpc) is 3.32. The lowest BCUT2D eigenvalue weighted by molar-refractivity contribution is -0.312. The van der Waals surface area contributed by atoms with E-state index in [1.807, 2.05) is 13.8 Å². The summed E-state index contributed by atoms with van der Waals surface area (Å²) in [4.78, 5) is 22.4. The molecule has 0 radical (unpaired) electrons. The molecule has 0 unspecified atom stereocenters. The van der Waals surface area contributed by atoms with Crippen molar-refractivity contribution in [3.8, 4) is 0 Å². The zero-order valence-corrected chi connectivity index (χ0v) is 18.2. The van der Waals surface area contributed by atoms with Gasteiger partial charge in [0.2, 0.25) is 0 Å². The maximum Gasteiger partial charge on any atom is 0.306 e. The molecule has 0 aromatic heterocycles. The molecule has 2 fully saturated rings. The third-order valence-electron chi connectivity index (χ3n) is 5.54. The van der Waals surface area contributed by atoms with Gasteiger partial charge < -0.3 is 4.74 Å². The molecular formula is C26H34O4. The van der Waals surface area contributed by atoms with Crippen molar-refractivity contribution in [1.29, 1.82) is 0 Å². The molecule has 2 aliphatic rings. The van der Waals surface area contributed by atoms with Crippen molar-refractivity contribution < 1.29 is 19.3 Å². The minimum absolute atomic E-state index is 0.0374. The molecule has 1 saturated heterocycles. The Kier molecular flexibility index (Phi) is 8.95. The van der Waals surface area contributed by atoms with Crippen LogP contribution in [0.3, 0.4) is 0 Å². The van der Waals surface area contributed by atoms with Crippen molar-refractivity contribution in [3.05, 3.63) is 65.4 Å². The Balaban J connectivity index is 1.42. The second-order valence-electron chi connectivity index (χ2n) is 8.38. The van der Waals surface area contributed by atoms with Gasteiger partial charge in [-0.25, -0.2) is 9.78 Å². The first-order chi connectivity index (χ1) is 14.6. The van der Waals surface area contributed by atoms with Crippen LogP contribution in [-0.2, 0) is 25.7 Å². The summed E-state index contributed by atoms with van der Waals surface area (Å²) < 4.78 is 5.16. The Morgan fingerprint density at radius 2 is 2.00 bits per heavy atom. The summed E-state index contributed by atoms with van der Waals surface area (Å²) in [5.41, 5.74) is 6.16. The number of rotatable bonds is 11. The van der Waals surface area contributed by atoms with Crippen LogP contribution in [0.15, 0.2) is 59.9 Å². The van der Waals surface area contributed by atoms with E-state index < -0.39 is 0 Å². The molecule has 1 aromatic carbocycles. The largest absolute Gasteiger partial charge is 0.463 e. The fourth-order valence-electron chi connectivity index (χ4n) is 4.05. The lowest BCUT2D eigenvalue weighted by Gasteiger charge is -2.21. The second kappa shape index (κ2) is 11.9. The van der Waals surface area contributed by atoms with Crippen LogP contribution in [0.5, 0.6) is 0 Å². The first kappa shape index (κ1) is 22.6. The number of aryl methyl sites for hydroxylation is 1. The molecule has 1 aliphatic carbocycles. The zero-order chi connectivity index (χ0) is 21.2. The first-order valence-electron chi connectivity index (χ1n) is 11.3. The Morgan fingerprint density at radius 3 is 2.80 bits per heavy atom. The normalized spacial score (nSPS) is 22.6. The Hall–Kier alpha value is -2.13. The van der Waals surface area contributed by atoms with Gasteiger partial charge in [-0.2, -0.15) is 0 Å². The van der Waals surface area contributed by atoms with E-state index in [0.717, 1.165) is 44.9 Å². The molecule has 0 amide bonds. The summed E-state index contributed by atoms with van der Waals surface area (Å²) in [6.45, 7) is 3.75. The van der Waals surface area contributed by atoms with Gasteiger partial charge in [-0.15, -0.1) is 5.73 Å². The number of hydrogen-bond donors (Lipinski definition) is 0. The molecule has 4 heteroatoms. The lowest BCUT2D eigenvalue weighted by atomic mass is 9.96. The Morgan fingerprint density at radius 1 is 1.17 bits per heavy atom. The van der Waals surface area contributed by atoms with Crippen LogP contribution in [0, 0.1) is 5.92 Å². The molecule has 162 valence electrons. The van der Waals surface area contributed by atoms with E-state index in [2.05, 4.69) is 54.3 Å². The van der Waals surface area contributed by atoms with E-state index in [9.17, 15) is 4.79 Å². The van der Waals surface area contributed by atoms with Crippen molar-refractivity contribution in [3.63, 3.8) is 0 Å². The zero-order valence-electron chi connectivity index (χ0n) is 18.2. The van der Waals surface area contributed by atoms with Gasteiger partial charge in [0.15, 0.2) is 0 Å². The number of unbranched alkanes of at least 4 members (excludes halogenated alkanes) is 2. The average molecular weight is 411 g/mol. The molecule has 3 rings (SSSR count). The fourth-order valence-corrected chi connectivity index (χ4v) is 4.05. The van der Waals surface area contributed by atoms with Gasteiger partial charge in [0.05, 0.1) is 6.10 Å². The maximum absolute atomic E-state index is 11.6. The summed E-state index contributed by atoms with van der Waals surface area (Å²) in [5, 5.41) is 0. The number of esters is 1. The maximum atomic E-state index is 11.6. The quantitative estimate of drug-likeness (QED) is 0.150. The monoisotopic (exact) mass is 410 g/mol. The summed E-state index contributed by atoms with van der Waals surface area (Å²) in [6.07, 6.45) is 14.0. The molecule has 30 heavy (non-hydrogen) atoms. The summed E-state index contributed by atoms with van der Waals surface area (Å²) in [6, 6.07) is 10.6. The highest BCUT2D eigenvalue weighted by Gasteiger charge is 2.46. The van der Waals surface area contributed by atoms with E-state index in [1.54, 1.807) is 0 Å². The minimum atomic E-state index is -0.111. The van der Waals surface area contributed by atoms with Gasteiger partial charge in [0, 0.05) is 24.3 Å². The van der Waals surface area contributed by atoms with E-state index in [4.69, 9.17) is 14.5 Å². The van der Waals surface area contributed by atoms with Crippen LogP contribution in [0.4, 0.5) is 0 Å². The minimum Gasteiger partial charge on any atom is -0.463 e. The van der Waals surface area contributed by atoms with Crippen molar-refractivity contribution in [1.82, 2.24) is 0 Å². The highest BCUT2D eigenvalue weighted by Crippen LogP contribution is 2.43. The second-order valence-corrected chi connectivity index (χ2v) is 8.38. The highest BCUT2D eigenvalue weighted by molar-refractivity contribution is 5.69.